The Morgan fingerprint density at radius 3 is 2.24 bits per heavy atom. The normalized spacial score (nSPS) is 25.7. The summed E-state index contributed by atoms with van der Waals surface area (Å²) in [6.45, 7) is 12.7. The molecule has 0 aromatic carbocycles. The molecule has 2 heterocycles. The van der Waals surface area contributed by atoms with Crippen molar-refractivity contribution in [3.63, 3.8) is 0 Å². The number of thioether (sulfide) groups is 1. The van der Waals surface area contributed by atoms with Gasteiger partial charge in [0.25, 0.3) is 0 Å². The number of hydrogen-bond donors (Lipinski definition) is 2. The van der Waals surface area contributed by atoms with Crippen molar-refractivity contribution in [2.24, 2.45) is 5.92 Å². The molecular formula is C26H49N2O8PS. The van der Waals surface area contributed by atoms with E-state index >= 15 is 0 Å². The van der Waals surface area contributed by atoms with E-state index in [0.29, 0.717) is 37.0 Å². The van der Waals surface area contributed by atoms with Crippen LogP contribution in [-0.2, 0) is 27.9 Å². The number of aliphatic hydroxyl groups excluding tert-OH is 1. The van der Waals surface area contributed by atoms with Gasteiger partial charge in [-0.15, -0.1) is 0 Å². The average Bonchev–Trinajstić information content (AvgIpc) is 3.39. The maximum atomic E-state index is 13.0. The number of amides is 2. The summed E-state index contributed by atoms with van der Waals surface area (Å²) in [5.74, 6) is 1.17. The topological polar surface area (TPSA) is 126 Å². The molecule has 0 spiro atoms. The number of likely N-dealkylation sites (tertiary alicyclic amines) is 2. The summed E-state index contributed by atoms with van der Waals surface area (Å²) in [7, 11) is -4.46. The highest BCUT2D eigenvalue weighted by molar-refractivity contribution is 7.99. The summed E-state index contributed by atoms with van der Waals surface area (Å²) in [5, 5.41) is 10.6. The van der Waals surface area contributed by atoms with Gasteiger partial charge in [-0.05, 0) is 56.5 Å². The molecule has 0 aromatic heterocycles. The zero-order valence-electron chi connectivity index (χ0n) is 23.9. The van der Waals surface area contributed by atoms with Gasteiger partial charge < -0.3 is 24.5 Å². The quantitative estimate of drug-likeness (QED) is 0.207. The molecule has 0 aromatic rings. The van der Waals surface area contributed by atoms with Crippen LogP contribution in [0.25, 0.3) is 0 Å². The van der Waals surface area contributed by atoms with Crippen LogP contribution in [0.5, 0.6) is 0 Å². The van der Waals surface area contributed by atoms with Crippen molar-refractivity contribution in [3.05, 3.63) is 0 Å². The molecule has 38 heavy (non-hydrogen) atoms. The largest absolute Gasteiger partial charge is 0.472 e. The van der Waals surface area contributed by atoms with Gasteiger partial charge in [-0.25, -0.2) is 4.57 Å². The first kappa shape index (κ1) is 33.5. The third-order valence-electron chi connectivity index (χ3n) is 6.67. The highest BCUT2D eigenvalue weighted by atomic mass is 32.2. The van der Waals surface area contributed by atoms with Gasteiger partial charge in [0.15, 0.2) is 0 Å². The number of rotatable bonds is 16. The molecule has 2 fully saturated rings. The van der Waals surface area contributed by atoms with Gasteiger partial charge in [0, 0.05) is 25.9 Å². The zero-order valence-corrected chi connectivity index (χ0v) is 25.6. The lowest BCUT2D eigenvalue weighted by molar-refractivity contribution is -0.134. The van der Waals surface area contributed by atoms with E-state index < -0.39 is 26.1 Å². The molecular weight excluding hydrogens is 531 g/mol. The molecule has 222 valence electrons. The van der Waals surface area contributed by atoms with Crippen LogP contribution in [0.2, 0.25) is 0 Å². The molecule has 2 aliphatic rings. The van der Waals surface area contributed by atoms with Crippen LogP contribution in [-0.4, -0.2) is 99.3 Å². The summed E-state index contributed by atoms with van der Waals surface area (Å²) in [6.07, 6.45) is 1.54. The Hall–Kier alpha value is -0.680. The van der Waals surface area contributed by atoms with Crippen LogP contribution in [0.3, 0.4) is 0 Å². The Kier molecular flexibility index (Phi) is 14.1. The smallest absolute Gasteiger partial charge is 0.391 e. The number of carbonyl (C=O) groups excluding carboxylic acids is 2. The number of phosphoric ester groups is 1. The Labute approximate surface area is 232 Å². The number of β-amino-alcohol motifs (C(OH)–C–C–N with tert-alkyl or cyclic N) is 1. The lowest BCUT2D eigenvalue weighted by Crippen LogP contribution is -2.39. The summed E-state index contributed by atoms with van der Waals surface area (Å²) in [4.78, 5) is 39.3. The van der Waals surface area contributed by atoms with E-state index in [2.05, 4.69) is 13.8 Å². The zero-order chi connectivity index (χ0) is 28.5. The lowest BCUT2D eigenvalue weighted by atomic mass is 10.1. The second-order valence-corrected chi connectivity index (χ2v) is 14.4. The fraction of sp³-hybridized carbons (Fsp3) is 0.923. The van der Waals surface area contributed by atoms with E-state index in [1.807, 2.05) is 39.5 Å². The summed E-state index contributed by atoms with van der Waals surface area (Å²) < 4.78 is 29.4. The monoisotopic (exact) mass is 580 g/mol. The van der Waals surface area contributed by atoms with Gasteiger partial charge >= 0.3 is 7.82 Å². The Balaban J connectivity index is 1.93. The molecule has 10 nitrogen and oxygen atoms in total. The number of hydrogen-bond acceptors (Lipinski definition) is 8. The predicted molar refractivity (Wildman–Crippen MR) is 149 cm³/mol. The predicted octanol–water partition coefficient (Wildman–Crippen LogP) is 3.83. The third-order valence-corrected chi connectivity index (χ3v) is 8.90. The van der Waals surface area contributed by atoms with E-state index in [4.69, 9.17) is 13.8 Å². The first-order valence-electron chi connectivity index (χ1n) is 13.9. The Morgan fingerprint density at radius 1 is 0.974 bits per heavy atom. The molecule has 0 saturated carbocycles. The van der Waals surface area contributed by atoms with Crippen molar-refractivity contribution in [2.45, 2.75) is 116 Å². The van der Waals surface area contributed by atoms with E-state index in [9.17, 15) is 24.2 Å². The summed E-state index contributed by atoms with van der Waals surface area (Å²) >= 11 is 1.81. The van der Waals surface area contributed by atoms with Crippen molar-refractivity contribution in [1.29, 1.82) is 0 Å². The molecule has 2 amide bonds. The van der Waals surface area contributed by atoms with Crippen molar-refractivity contribution < 1.29 is 37.9 Å². The van der Waals surface area contributed by atoms with E-state index in [-0.39, 0.29) is 50.1 Å². The SMILES string of the molecule is CC(C)CCC(=O)N1C[C@H](O)CC1COP(=O)(O)O[C@@H]1C[C@@H](COC(C)C)N(C(=O)CCCSC(C)C)C1. The van der Waals surface area contributed by atoms with Crippen LogP contribution in [0, 0.1) is 5.92 Å². The van der Waals surface area contributed by atoms with Crippen LogP contribution in [0.1, 0.15) is 80.1 Å². The van der Waals surface area contributed by atoms with Gasteiger partial charge in [-0.3, -0.25) is 18.6 Å². The lowest BCUT2D eigenvalue weighted by Gasteiger charge is -2.26. The molecule has 2 N–H and O–H groups in total. The minimum absolute atomic E-state index is 0.00501. The van der Waals surface area contributed by atoms with Crippen molar-refractivity contribution in [2.75, 3.05) is 32.1 Å². The standard InChI is InChI=1S/C26H49N2O8PS/c1-18(2)9-10-26(31)27-14-23(29)12-21(27)17-35-37(32,33)36-24-13-22(16-34-19(3)4)28(15-24)25(30)8-7-11-38-20(5)6/h18-24,29H,7-17H2,1-6H3,(H,32,33)/t21?,22-,23+,24+/m0/s1. The third kappa shape index (κ3) is 11.8. The van der Waals surface area contributed by atoms with Gasteiger partial charge in [-0.1, -0.05) is 27.7 Å². The van der Waals surface area contributed by atoms with Crippen molar-refractivity contribution in [1.82, 2.24) is 9.80 Å². The van der Waals surface area contributed by atoms with Gasteiger partial charge in [0.1, 0.15) is 0 Å². The molecule has 0 radical (unpaired) electrons. The van der Waals surface area contributed by atoms with Gasteiger partial charge in [0.2, 0.25) is 11.8 Å². The highest BCUT2D eigenvalue weighted by Crippen LogP contribution is 2.47. The second kappa shape index (κ2) is 15.9. The number of carbonyl (C=O) groups is 2. The number of phosphoric acid groups is 1. The maximum absolute atomic E-state index is 13.0. The molecule has 5 atom stereocenters. The number of nitrogens with zero attached hydrogens (tertiary/aromatic N) is 2. The fourth-order valence-corrected chi connectivity index (χ4v) is 6.45. The average molecular weight is 581 g/mol. The fourth-order valence-electron chi connectivity index (χ4n) is 4.71. The molecule has 12 heteroatoms. The first-order chi connectivity index (χ1) is 17.8. The Morgan fingerprint density at radius 2 is 1.61 bits per heavy atom. The van der Waals surface area contributed by atoms with Crippen molar-refractivity contribution >= 4 is 31.4 Å². The molecule has 2 rings (SSSR count). The minimum atomic E-state index is -4.46. The second-order valence-electron chi connectivity index (χ2n) is 11.4. The summed E-state index contributed by atoms with van der Waals surface area (Å²) in [5.41, 5.74) is 0. The van der Waals surface area contributed by atoms with Gasteiger partial charge in [0.05, 0.1) is 43.6 Å². The maximum Gasteiger partial charge on any atom is 0.472 e. The van der Waals surface area contributed by atoms with Gasteiger partial charge in [-0.2, -0.15) is 11.8 Å². The number of aliphatic hydroxyl groups is 1. The molecule has 2 saturated heterocycles. The summed E-state index contributed by atoms with van der Waals surface area (Å²) in [6, 6.07) is -0.738. The van der Waals surface area contributed by atoms with Crippen LogP contribution in [0.4, 0.5) is 0 Å². The minimum Gasteiger partial charge on any atom is -0.391 e. The molecule has 2 aliphatic heterocycles. The van der Waals surface area contributed by atoms with Crippen molar-refractivity contribution in [3.8, 4) is 0 Å². The molecule has 2 unspecified atom stereocenters. The highest BCUT2D eigenvalue weighted by Gasteiger charge is 2.41. The van der Waals surface area contributed by atoms with Crippen LogP contribution >= 0.6 is 19.6 Å². The number of ether oxygens (including phenoxy) is 1. The molecule has 0 aliphatic carbocycles. The first-order valence-corrected chi connectivity index (χ1v) is 16.5. The van der Waals surface area contributed by atoms with Crippen LogP contribution < -0.4 is 0 Å². The van der Waals surface area contributed by atoms with E-state index in [1.54, 1.807) is 9.80 Å². The van der Waals surface area contributed by atoms with E-state index in [1.165, 1.54) is 0 Å². The Bertz CT molecular complexity index is 799. The van der Waals surface area contributed by atoms with E-state index in [0.717, 1.165) is 18.6 Å². The van der Waals surface area contributed by atoms with Crippen LogP contribution in [0.15, 0.2) is 0 Å². The molecule has 0 bridgehead atoms.